The Labute approximate surface area is 152 Å². The van der Waals surface area contributed by atoms with Gasteiger partial charge in [0.1, 0.15) is 6.61 Å². The predicted molar refractivity (Wildman–Crippen MR) is 95.8 cm³/mol. The van der Waals surface area contributed by atoms with Gasteiger partial charge in [-0.3, -0.25) is 9.59 Å². The van der Waals surface area contributed by atoms with Crippen LogP contribution in [0.4, 0.5) is 0 Å². The van der Waals surface area contributed by atoms with E-state index in [0.29, 0.717) is 18.7 Å². The van der Waals surface area contributed by atoms with Gasteiger partial charge < -0.3 is 9.64 Å². The largest absolute Gasteiger partial charge is 0.461 e. The van der Waals surface area contributed by atoms with E-state index in [1.54, 1.807) is 29.2 Å². The summed E-state index contributed by atoms with van der Waals surface area (Å²) in [5.74, 6) is -0.747. The van der Waals surface area contributed by atoms with Gasteiger partial charge in [0.2, 0.25) is 5.91 Å². The SMILES string of the molecule is N#Cc1ccc(COC(=O)[C@@H]2CC(=O)N(CCc3ccccc3)C2)cc1. The number of likely N-dealkylation sites (tertiary alicyclic amines) is 1. The van der Waals surface area contributed by atoms with E-state index in [-0.39, 0.29) is 24.9 Å². The molecule has 0 radical (unpaired) electrons. The molecular weight excluding hydrogens is 328 g/mol. The Morgan fingerprint density at radius 2 is 1.85 bits per heavy atom. The topological polar surface area (TPSA) is 70.4 Å². The van der Waals surface area contributed by atoms with Gasteiger partial charge in [-0.2, -0.15) is 5.26 Å². The van der Waals surface area contributed by atoms with Crippen LogP contribution >= 0.6 is 0 Å². The molecule has 2 aromatic rings. The monoisotopic (exact) mass is 348 g/mol. The molecule has 1 amide bonds. The van der Waals surface area contributed by atoms with E-state index in [1.807, 2.05) is 36.4 Å². The summed E-state index contributed by atoms with van der Waals surface area (Å²) in [7, 11) is 0. The average molecular weight is 348 g/mol. The third-order valence-electron chi connectivity index (χ3n) is 4.53. The molecule has 1 atom stereocenters. The Kier molecular flexibility index (Phi) is 5.65. The number of rotatable bonds is 6. The van der Waals surface area contributed by atoms with Gasteiger partial charge in [-0.1, -0.05) is 42.5 Å². The Bertz CT molecular complexity index is 809. The highest BCUT2D eigenvalue weighted by Crippen LogP contribution is 2.20. The molecule has 132 valence electrons. The minimum Gasteiger partial charge on any atom is -0.461 e. The molecule has 0 aliphatic carbocycles. The van der Waals surface area contributed by atoms with Crippen molar-refractivity contribution in [3.05, 3.63) is 71.3 Å². The van der Waals surface area contributed by atoms with Gasteiger partial charge in [0.05, 0.1) is 17.6 Å². The first-order valence-electron chi connectivity index (χ1n) is 8.63. The first-order valence-corrected chi connectivity index (χ1v) is 8.63. The summed E-state index contributed by atoms with van der Waals surface area (Å²) in [6.07, 6.45) is 0.987. The minimum absolute atomic E-state index is 0.00116. The maximum Gasteiger partial charge on any atom is 0.311 e. The van der Waals surface area contributed by atoms with E-state index >= 15 is 0 Å². The quantitative estimate of drug-likeness (QED) is 0.753. The van der Waals surface area contributed by atoms with Crippen LogP contribution in [-0.2, 0) is 27.4 Å². The van der Waals surface area contributed by atoms with Crippen molar-refractivity contribution < 1.29 is 14.3 Å². The zero-order valence-corrected chi connectivity index (χ0v) is 14.4. The van der Waals surface area contributed by atoms with Crippen molar-refractivity contribution in [3.8, 4) is 6.07 Å². The molecule has 0 saturated carbocycles. The summed E-state index contributed by atoms with van der Waals surface area (Å²) in [6, 6.07) is 18.9. The van der Waals surface area contributed by atoms with Crippen molar-refractivity contribution in [1.82, 2.24) is 4.90 Å². The maximum atomic E-state index is 12.3. The molecule has 0 aromatic heterocycles. The third-order valence-corrected chi connectivity index (χ3v) is 4.53. The summed E-state index contributed by atoms with van der Waals surface area (Å²) in [6.45, 7) is 1.18. The number of nitriles is 1. The highest BCUT2D eigenvalue weighted by molar-refractivity contribution is 5.86. The fourth-order valence-corrected chi connectivity index (χ4v) is 3.00. The van der Waals surface area contributed by atoms with Crippen molar-refractivity contribution in [3.63, 3.8) is 0 Å². The lowest BCUT2D eigenvalue weighted by Gasteiger charge is -2.16. The van der Waals surface area contributed by atoms with Crippen LogP contribution < -0.4 is 0 Å². The van der Waals surface area contributed by atoms with E-state index in [1.165, 1.54) is 5.56 Å². The molecule has 0 spiro atoms. The Hall–Kier alpha value is -3.13. The number of esters is 1. The number of hydrogen-bond acceptors (Lipinski definition) is 4. The summed E-state index contributed by atoms with van der Waals surface area (Å²) >= 11 is 0. The van der Waals surface area contributed by atoms with Crippen LogP contribution in [0.1, 0.15) is 23.1 Å². The van der Waals surface area contributed by atoms with Crippen LogP contribution in [0, 0.1) is 17.2 Å². The molecule has 0 unspecified atom stereocenters. The van der Waals surface area contributed by atoms with E-state index in [0.717, 1.165) is 12.0 Å². The minimum atomic E-state index is -0.406. The zero-order valence-electron chi connectivity index (χ0n) is 14.4. The van der Waals surface area contributed by atoms with Crippen molar-refractivity contribution in [2.45, 2.75) is 19.4 Å². The lowest BCUT2D eigenvalue weighted by Crippen LogP contribution is -2.28. The second kappa shape index (κ2) is 8.30. The predicted octanol–water partition coefficient (Wildman–Crippen LogP) is 2.69. The standard InChI is InChI=1S/C21H20N2O3/c22-13-17-6-8-18(9-7-17)15-26-21(25)19-12-20(24)23(14-19)11-10-16-4-2-1-3-5-16/h1-9,19H,10-12,14-15H2/t19-/m1/s1. The molecule has 3 rings (SSSR count). The number of ether oxygens (including phenoxy) is 1. The van der Waals surface area contributed by atoms with Crippen molar-refractivity contribution >= 4 is 11.9 Å². The van der Waals surface area contributed by atoms with Crippen LogP contribution in [0.15, 0.2) is 54.6 Å². The Morgan fingerprint density at radius 1 is 1.12 bits per heavy atom. The molecule has 1 aliphatic rings. The fourth-order valence-electron chi connectivity index (χ4n) is 3.00. The first kappa shape index (κ1) is 17.7. The Morgan fingerprint density at radius 3 is 2.54 bits per heavy atom. The molecular formula is C21H20N2O3. The van der Waals surface area contributed by atoms with Gasteiger partial charge >= 0.3 is 5.97 Å². The molecule has 1 heterocycles. The summed E-state index contributed by atoms with van der Waals surface area (Å²) < 4.78 is 5.34. The zero-order chi connectivity index (χ0) is 18.4. The molecule has 5 nitrogen and oxygen atoms in total. The smallest absolute Gasteiger partial charge is 0.311 e. The maximum absolute atomic E-state index is 12.3. The number of amides is 1. The first-order chi connectivity index (χ1) is 12.7. The van der Waals surface area contributed by atoms with Crippen LogP contribution in [0.5, 0.6) is 0 Å². The van der Waals surface area contributed by atoms with Crippen molar-refractivity contribution in [1.29, 1.82) is 5.26 Å². The lowest BCUT2D eigenvalue weighted by atomic mass is 10.1. The Balaban J connectivity index is 1.47. The second-order valence-electron chi connectivity index (χ2n) is 6.39. The summed E-state index contributed by atoms with van der Waals surface area (Å²) in [4.78, 5) is 26.1. The number of nitrogens with zero attached hydrogens (tertiary/aromatic N) is 2. The molecule has 5 heteroatoms. The van der Waals surface area contributed by atoms with Gasteiger partial charge in [0.15, 0.2) is 0 Å². The fraction of sp³-hybridized carbons (Fsp3) is 0.286. The summed E-state index contributed by atoms with van der Waals surface area (Å²) in [5.41, 5.74) is 2.56. The number of hydrogen-bond donors (Lipinski definition) is 0. The van der Waals surface area contributed by atoms with Crippen LogP contribution in [0.3, 0.4) is 0 Å². The van der Waals surface area contributed by atoms with Crippen molar-refractivity contribution in [2.24, 2.45) is 5.92 Å². The normalized spacial score (nSPS) is 16.3. The van der Waals surface area contributed by atoms with Gasteiger partial charge in [0.25, 0.3) is 0 Å². The van der Waals surface area contributed by atoms with E-state index < -0.39 is 5.92 Å². The van der Waals surface area contributed by atoms with E-state index in [4.69, 9.17) is 10.00 Å². The van der Waals surface area contributed by atoms with Gasteiger partial charge in [-0.05, 0) is 29.7 Å². The average Bonchev–Trinajstić information content (AvgIpc) is 3.06. The number of carbonyl (C=O) groups excluding carboxylic acids is 2. The van der Waals surface area contributed by atoms with Crippen LogP contribution in [0.25, 0.3) is 0 Å². The number of benzene rings is 2. The number of carbonyl (C=O) groups is 2. The molecule has 1 saturated heterocycles. The second-order valence-corrected chi connectivity index (χ2v) is 6.39. The molecule has 26 heavy (non-hydrogen) atoms. The van der Waals surface area contributed by atoms with Gasteiger partial charge in [-0.25, -0.2) is 0 Å². The van der Waals surface area contributed by atoms with Gasteiger partial charge in [-0.15, -0.1) is 0 Å². The highest BCUT2D eigenvalue weighted by Gasteiger charge is 2.35. The van der Waals surface area contributed by atoms with Crippen LogP contribution in [0.2, 0.25) is 0 Å². The molecule has 0 bridgehead atoms. The van der Waals surface area contributed by atoms with Gasteiger partial charge in [0, 0.05) is 19.5 Å². The summed E-state index contributed by atoms with van der Waals surface area (Å²) in [5, 5.41) is 8.78. The molecule has 2 aromatic carbocycles. The van der Waals surface area contributed by atoms with Crippen LogP contribution in [-0.4, -0.2) is 29.9 Å². The van der Waals surface area contributed by atoms with E-state index in [9.17, 15) is 9.59 Å². The molecule has 1 fully saturated rings. The third kappa shape index (κ3) is 4.48. The van der Waals surface area contributed by atoms with Crippen molar-refractivity contribution in [2.75, 3.05) is 13.1 Å². The lowest BCUT2D eigenvalue weighted by molar-refractivity contribution is -0.149. The molecule has 1 aliphatic heterocycles. The molecule has 0 N–H and O–H groups in total. The van der Waals surface area contributed by atoms with E-state index in [2.05, 4.69) is 0 Å². The highest BCUT2D eigenvalue weighted by atomic mass is 16.5.